The van der Waals surface area contributed by atoms with Gasteiger partial charge in [-0.15, -0.1) is 0 Å². The normalized spacial score (nSPS) is 19.6. The summed E-state index contributed by atoms with van der Waals surface area (Å²) in [4.78, 5) is 4.30. The lowest BCUT2D eigenvalue weighted by atomic mass is 10.3. The molecule has 1 saturated heterocycles. The average Bonchev–Trinajstić information content (AvgIpc) is 3.02. The fourth-order valence-electron chi connectivity index (χ4n) is 2.34. The van der Waals surface area contributed by atoms with Gasteiger partial charge in [0.15, 0.2) is 17.9 Å². The van der Waals surface area contributed by atoms with Gasteiger partial charge in [0.25, 0.3) is 0 Å². The van der Waals surface area contributed by atoms with E-state index in [2.05, 4.69) is 10.1 Å². The third kappa shape index (κ3) is 2.10. The van der Waals surface area contributed by atoms with E-state index in [-0.39, 0.29) is 18.0 Å². The number of aromatic nitrogens is 3. The number of hydrogen-bond donors (Lipinski definition) is 0. The summed E-state index contributed by atoms with van der Waals surface area (Å²) < 4.78 is 26.1. The van der Waals surface area contributed by atoms with E-state index in [0.717, 1.165) is 18.4 Å². The second kappa shape index (κ2) is 4.64. The quantitative estimate of drug-likeness (QED) is 0.862. The molecule has 2 aromatic heterocycles. The van der Waals surface area contributed by atoms with Crippen molar-refractivity contribution < 1.29 is 13.9 Å². The maximum absolute atomic E-state index is 13.8. The summed E-state index contributed by atoms with van der Waals surface area (Å²) >= 11 is 0. The summed E-state index contributed by atoms with van der Waals surface area (Å²) in [6.07, 6.45) is 4.78. The lowest BCUT2D eigenvalue weighted by molar-refractivity contribution is -0.0443. The van der Waals surface area contributed by atoms with Crippen molar-refractivity contribution in [3.63, 3.8) is 0 Å². The zero-order chi connectivity index (χ0) is 13.5. The summed E-state index contributed by atoms with van der Waals surface area (Å²) in [6.45, 7) is 1.20. The van der Waals surface area contributed by atoms with Crippen LogP contribution in [0.15, 0.2) is 24.5 Å². The minimum Gasteiger partial charge on any atom is -0.346 e. The Hall–Kier alpha value is -1.79. The molecule has 2 fully saturated rings. The first kappa shape index (κ1) is 12.0. The average molecular weight is 275 g/mol. The molecule has 0 amide bonds. The zero-order valence-corrected chi connectivity index (χ0v) is 10.8. The highest BCUT2D eigenvalue weighted by Crippen LogP contribution is 2.40. The Bertz CT molecular complexity index is 616. The first-order chi connectivity index (χ1) is 9.81. The Morgan fingerprint density at radius 1 is 1.20 bits per heavy atom. The van der Waals surface area contributed by atoms with Crippen LogP contribution in [0.1, 0.15) is 36.3 Å². The third-order valence-corrected chi connectivity index (χ3v) is 3.56. The molecule has 2 aromatic rings. The second-order valence-electron chi connectivity index (χ2n) is 5.10. The summed E-state index contributed by atoms with van der Waals surface area (Å²) in [7, 11) is 0. The minimum atomic E-state index is -0.340. The lowest BCUT2D eigenvalue weighted by Gasteiger charge is -2.09. The molecular weight excluding hydrogens is 261 g/mol. The van der Waals surface area contributed by atoms with Crippen molar-refractivity contribution in [3.8, 4) is 5.82 Å². The van der Waals surface area contributed by atoms with E-state index < -0.39 is 0 Å². The highest BCUT2D eigenvalue weighted by Gasteiger charge is 2.30. The van der Waals surface area contributed by atoms with Crippen molar-refractivity contribution in [1.29, 1.82) is 0 Å². The van der Waals surface area contributed by atoms with Gasteiger partial charge in [0.2, 0.25) is 0 Å². The molecule has 20 heavy (non-hydrogen) atoms. The van der Waals surface area contributed by atoms with Crippen LogP contribution < -0.4 is 0 Å². The number of rotatable bonds is 3. The highest BCUT2D eigenvalue weighted by atomic mass is 19.1. The van der Waals surface area contributed by atoms with Gasteiger partial charge in [-0.1, -0.05) is 0 Å². The molecule has 4 rings (SSSR count). The van der Waals surface area contributed by atoms with Crippen LogP contribution in [0.25, 0.3) is 5.82 Å². The summed E-state index contributed by atoms with van der Waals surface area (Å²) in [5, 5.41) is 4.29. The third-order valence-electron chi connectivity index (χ3n) is 3.56. The van der Waals surface area contributed by atoms with Crippen LogP contribution in [0.3, 0.4) is 0 Å². The monoisotopic (exact) mass is 275 g/mol. The Balaban J connectivity index is 1.60. The first-order valence-corrected chi connectivity index (χ1v) is 6.76. The van der Waals surface area contributed by atoms with Gasteiger partial charge in [-0.25, -0.2) is 14.1 Å². The van der Waals surface area contributed by atoms with Crippen molar-refractivity contribution in [1.82, 2.24) is 14.8 Å². The molecule has 2 aliphatic rings. The van der Waals surface area contributed by atoms with E-state index in [0.29, 0.717) is 24.7 Å². The Labute approximate surface area is 115 Å². The van der Waals surface area contributed by atoms with E-state index in [1.807, 2.05) is 6.07 Å². The number of pyridine rings is 1. The van der Waals surface area contributed by atoms with Crippen molar-refractivity contribution in [2.24, 2.45) is 0 Å². The topological polar surface area (TPSA) is 49.2 Å². The van der Waals surface area contributed by atoms with Crippen LogP contribution in [0.5, 0.6) is 0 Å². The van der Waals surface area contributed by atoms with Gasteiger partial charge in [0.1, 0.15) is 5.69 Å². The van der Waals surface area contributed by atoms with Gasteiger partial charge in [-0.2, -0.15) is 5.10 Å². The van der Waals surface area contributed by atoms with Gasteiger partial charge in [-0.3, -0.25) is 0 Å². The molecule has 0 atom stereocenters. The molecule has 0 N–H and O–H groups in total. The molecule has 0 radical (unpaired) electrons. The van der Waals surface area contributed by atoms with E-state index in [9.17, 15) is 4.39 Å². The number of ether oxygens (including phenoxy) is 2. The smallest absolute Gasteiger partial charge is 0.185 e. The van der Waals surface area contributed by atoms with Gasteiger partial charge in [0.05, 0.1) is 19.4 Å². The molecule has 3 heterocycles. The number of hydrogen-bond acceptors (Lipinski definition) is 4. The van der Waals surface area contributed by atoms with E-state index in [1.165, 1.54) is 10.9 Å². The molecule has 1 aliphatic carbocycles. The van der Waals surface area contributed by atoms with Crippen molar-refractivity contribution in [2.75, 3.05) is 13.2 Å². The predicted octanol–water partition coefficient (Wildman–Crippen LogP) is 2.33. The molecule has 104 valence electrons. The largest absolute Gasteiger partial charge is 0.346 e. The van der Waals surface area contributed by atoms with Gasteiger partial charge < -0.3 is 9.47 Å². The van der Waals surface area contributed by atoms with E-state index in [4.69, 9.17) is 9.47 Å². The summed E-state index contributed by atoms with van der Waals surface area (Å²) in [6, 6.07) is 3.66. The predicted molar refractivity (Wildman–Crippen MR) is 67.9 cm³/mol. The van der Waals surface area contributed by atoms with Crippen LogP contribution >= 0.6 is 0 Å². The van der Waals surface area contributed by atoms with Gasteiger partial charge >= 0.3 is 0 Å². The van der Waals surface area contributed by atoms with E-state index in [1.54, 1.807) is 12.3 Å². The van der Waals surface area contributed by atoms with Crippen molar-refractivity contribution in [2.45, 2.75) is 25.0 Å². The van der Waals surface area contributed by atoms with E-state index >= 15 is 0 Å². The van der Waals surface area contributed by atoms with Crippen molar-refractivity contribution >= 4 is 0 Å². The molecule has 1 saturated carbocycles. The first-order valence-electron chi connectivity index (χ1n) is 6.76. The molecule has 5 nitrogen and oxygen atoms in total. The molecule has 0 bridgehead atoms. The molecule has 0 spiro atoms. The van der Waals surface area contributed by atoms with Crippen LogP contribution in [0, 0.1) is 5.82 Å². The number of nitrogens with zero attached hydrogens (tertiary/aromatic N) is 3. The van der Waals surface area contributed by atoms with Gasteiger partial charge in [0, 0.05) is 17.7 Å². The fraction of sp³-hybridized carbons (Fsp3) is 0.429. The van der Waals surface area contributed by atoms with Crippen LogP contribution in [0.4, 0.5) is 4.39 Å². The molecule has 6 heteroatoms. The standard InChI is InChI=1S/C14H14FN3O2/c15-11-8-18(17-13(11)9-1-2-9)12-4-3-10(7-16-12)14-19-5-6-20-14/h3-4,7-9,14H,1-2,5-6H2. The van der Waals surface area contributed by atoms with Gasteiger partial charge in [-0.05, 0) is 25.0 Å². The number of halogens is 1. The fourth-order valence-corrected chi connectivity index (χ4v) is 2.34. The molecule has 1 aliphatic heterocycles. The maximum Gasteiger partial charge on any atom is 0.185 e. The molecule has 0 unspecified atom stereocenters. The molecular formula is C14H14FN3O2. The lowest BCUT2D eigenvalue weighted by Crippen LogP contribution is -2.02. The van der Waals surface area contributed by atoms with Crippen LogP contribution in [-0.2, 0) is 9.47 Å². The molecule has 0 aromatic carbocycles. The minimum absolute atomic E-state index is 0.249. The van der Waals surface area contributed by atoms with Crippen molar-refractivity contribution in [3.05, 3.63) is 41.6 Å². The Morgan fingerprint density at radius 2 is 2.00 bits per heavy atom. The maximum atomic E-state index is 13.8. The zero-order valence-electron chi connectivity index (χ0n) is 10.8. The van der Waals surface area contributed by atoms with Crippen LogP contribution in [0.2, 0.25) is 0 Å². The summed E-state index contributed by atoms with van der Waals surface area (Å²) in [5.74, 6) is 0.634. The highest BCUT2D eigenvalue weighted by molar-refractivity contribution is 5.27. The second-order valence-corrected chi connectivity index (χ2v) is 5.10. The Morgan fingerprint density at radius 3 is 2.65 bits per heavy atom. The Kier molecular flexibility index (Phi) is 2.78. The van der Waals surface area contributed by atoms with Crippen LogP contribution in [-0.4, -0.2) is 28.0 Å². The summed E-state index contributed by atoms with van der Waals surface area (Å²) in [5.41, 5.74) is 1.42. The SMILES string of the molecule is Fc1cn(-c2ccc(C3OCCO3)cn2)nc1C1CC1.